The van der Waals surface area contributed by atoms with Crippen LogP contribution in [0.4, 0.5) is 5.82 Å². The van der Waals surface area contributed by atoms with Crippen LogP contribution in [0.1, 0.15) is 33.5 Å². The van der Waals surface area contributed by atoms with E-state index in [1.807, 2.05) is 0 Å². The molecule has 2 aromatic heterocycles. The number of anilines is 1. The molecule has 0 saturated carbocycles. The van der Waals surface area contributed by atoms with E-state index in [4.69, 9.17) is 9.26 Å². The number of rotatable bonds is 5. The number of aryl methyl sites for hydroxylation is 2. The molecule has 0 unspecified atom stereocenters. The van der Waals surface area contributed by atoms with Gasteiger partial charge in [0.1, 0.15) is 11.5 Å². The quantitative estimate of drug-likeness (QED) is 0.660. The standard InChI is InChI=1S/C14H15N3O5/c1-8-4-12(16-22-8)15-13(19)7-21-14(20)11-5-10(9(2)18)6-17(11)3/h4-6H,7H2,1-3H3,(H,15,16,19). The molecule has 0 aliphatic carbocycles. The van der Waals surface area contributed by atoms with Gasteiger partial charge in [-0.1, -0.05) is 5.16 Å². The SMILES string of the molecule is CC(=O)c1cc(C(=O)OCC(=O)Nc2cc(C)on2)n(C)c1. The fourth-order valence-electron chi connectivity index (χ4n) is 1.77. The van der Waals surface area contributed by atoms with Crippen LogP contribution in [-0.2, 0) is 16.6 Å². The first-order valence-corrected chi connectivity index (χ1v) is 6.44. The van der Waals surface area contributed by atoms with Gasteiger partial charge in [-0.25, -0.2) is 4.79 Å². The van der Waals surface area contributed by atoms with Crippen LogP contribution in [0.25, 0.3) is 0 Å². The minimum absolute atomic E-state index is 0.159. The molecule has 22 heavy (non-hydrogen) atoms. The predicted molar refractivity (Wildman–Crippen MR) is 75.6 cm³/mol. The topological polar surface area (TPSA) is 103 Å². The highest BCUT2D eigenvalue weighted by molar-refractivity contribution is 5.98. The Balaban J connectivity index is 1.92. The van der Waals surface area contributed by atoms with E-state index in [1.54, 1.807) is 14.0 Å². The van der Waals surface area contributed by atoms with Crippen molar-refractivity contribution in [2.24, 2.45) is 7.05 Å². The van der Waals surface area contributed by atoms with Crippen molar-refractivity contribution in [1.82, 2.24) is 9.72 Å². The van der Waals surface area contributed by atoms with Crippen LogP contribution in [0.15, 0.2) is 22.9 Å². The Morgan fingerprint density at radius 2 is 2.09 bits per heavy atom. The van der Waals surface area contributed by atoms with Gasteiger partial charge in [0, 0.05) is 24.9 Å². The lowest BCUT2D eigenvalue weighted by molar-refractivity contribution is -0.119. The summed E-state index contributed by atoms with van der Waals surface area (Å²) in [6.07, 6.45) is 1.52. The van der Waals surface area contributed by atoms with Crippen molar-refractivity contribution in [3.8, 4) is 0 Å². The maximum Gasteiger partial charge on any atom is 0.355 e. The van der Waals surface area contributed by atoms with Gasteiger partial charge >= 0.3 is 5.97 Å². The highest BCUT2D eigenvalue weighted by atomic mass is 16.5. The number of esters is 1. The van der Waals surface area contributed by atoms with Gasteiger partial charge in [0.25, 0.3) is 5.91 Å². The lowest BCUT2D eigenvalue weighted by Crippen LogP contribution is -2.21. The summed E-state index contributed by atoms with van der Waals surface area (Å²) >= 11 is 0. The summed E-state index contributed by atoms with van der Waals surface area (Å²) < 4.78 is 11.2. The van der Waals surface area contributed by atoms with Crippen molar-refractivity contribution in [1.29, 1.82) is 0 Å². The zero-order valence-electron chi connectivity index (χ0n) is 12.4. The fraction of sp³-hybridized carbons (Fsp3) is 0.286. The summed E-state index contributed by atoms with van der Waals surface area (Å²) in [5, 5.41) is 6.01. The average molecular weight is 305 g/mol. The van der Waals surface area contributed by atoms with Crippen LogP contribution in [0.2, 0.25) is 0 Å². The van der Waals surface area contributed by atoms with Crippen molar-refractivity contribution in [3.05, 3.63) is 35.3 Å². The van der Waals surface area contributed by atoms with E-state index < -0.39 is 18.5 Å². The second kappa shape index (κ2) is 6.25. The van der Waals surface area contributed by atoms with Crippen LogP contribution in [0.3, 0.4) is 0 Å². The number of carbonyl (C=O) groups excluding carboxylic acids is 3. The van der Waals surface area contributed by atoms with E-state index in [2.05, 4.69) is 10.5 Å². The lowest BCUT2D eigenvalue weighted by atomic mass is 10.2. The molecular formula is C14H15N3O5. The van der Waals surface area contributed by atoms with Crippen LogP contribution < -0.4 is 5.32 Å². The third-order valence-corrected chi connectivity index (χ3v) is 2.85. The van der Waals surface area contributed by atoms with Gasteiger partial charge in [-0.05, 0) is 19.9 Å². The molecule has 0 saturated heterocycles. The van der Waals surface area contributed by atoms with E-state index in [0.717, 1.165) is 0 Å². The minimum Gasteiger partial charge on any atom is -0.451 e. The second-order valence-electron chi connectivity index (χ2n) is 4.73. The summed E-state index contributed by atoms with van der Waals surface area (Å²) in [5.74, 6) is -0.595. The van der Waals surface area contributed by atoms with Crippen molar-refractivity contribution >= 4 is 23.5 Å². The number of ketones is 1. The van der Waals surface area contributed by atoms with Gasteiger partial charge in [0.15, 0.2) is 18.2 Å². The van der Waals surface area contributed by atoms with Gasteiger partial charge in [0.05, 0.1) is 0 Å². The Bertz CT molecular complexity index is 729. The average Bonchev–Trinajstić information content (AvgIpc) is 3.02. The third kappa shape index (κ3) is 3.60. The molecule has 0 bridgehead atoms. The third-order valence-electron chi connectivity index (χ3n) is 2.85. The molecule has 1 amide bonds. The number of amides is 1. The molecule has 2 rings (SSSR count). The van der Waals surface area contributed by atoms with Gasteiger partial charge in [-0.15, -0.1) is 0 Å². The van der Waals surface area contributed by atoms with E-state index in [0.29, 0.717) is 11.3 Å². The van der Waals surface area contributed by atoms with Crippen molar-refractivity contribution in [3.63, 3.8) is 0 Å². The first-order valence-electron chi connectivity index (χ1n) is 6.44. The number of aromatic nitrogens is 2. The predicted octanol–water partition coefficient (Wildman–Crippen LogP) is 1.32. The number of carbonyl (C=O) groups is 3. The van der Waals surface area contributed by atoms with Crippen molar-refractivity contribution in [2.75, 3.05) is 11.9 Å². The van der Waals surface area contributed by atoms with Gasteiger partial charge in [0.2, 0.25) is 0 Å². The van der Waals surface area contributed by atoms with Crippen LogP contribution in [0, 0.1) is 6.92 Å². The Labute approximate surface area is 126 Å². The molecule has 0 fully saturated rings. The molecule has 0 atom stereocenters. The molecule has 0 radical (unpaired) electrons. The van der Waals surface area contributed by atoms with Gasteiger partial charge < -0.3 is 19.1 Å². The fourth-order valence-corrected chi connectivity index (χ4v) is 1.77. The summed E-state index contributed by atoms with van der Waals surface area (Å²) in [5.41, 5.74) is 0.590. The van der Waals surface area contributed by atoms with Gasteiger partial charge in [-0.3, -0.25) is 9.59 Å². The van der Waals surface area contributed by atoms with Crippen LogP contribution in [-0.4, -0.2) is 34.0 Å². The minimum atomic E-state index is -0.693. The zero-order valence-corrected chi connectivity index (χ0v) is 12.4. The first-order chi connectivity index (χ1) is 10.4. The monoisotopic (exact) mass is 305 g/mol. The maximum atomic E-state index is 11.9. The number of nitrogens with one attached hydrogen (secondary N) is 1. The molecule has 2 aromatic rings. The molecule has 116 valence electrons. The Morgan fingerprint density at radius 3 is 2.64 bits per heavy atom. The molecule has 8 nitrogen and oxygen atoms in total. The molecule has 1 N–H and O–H groups in total. The molecule has 8 heteroatoms. The smallest absolute Gasteiger partial charge is 0.355 e. The van der Waals surface area contributed by atoms with Crippen molar-refractivity contribution in [2.45, 2.75) is 13.8 Å². The molecule has 0 aliphatic heterocycles. The largest absolute Gasteiger partial charge is 0.451 e. The molecular weight excluding hydrogens is 290 g/mol. The lowest BCUT2D eigenvalue weighted by Gasteiger charge is -2.05. The van der Waals surface area contributed by atoms with E-state index in [-0.39, 0.29) is 17.3 Å². The Morgan fingerprint density at radius 1 is 1.36 bits per heavy atom. The maximum absolute atomic E-state index is 11.9. The second-order valence-corrected chi connectivity index (χ2v) is 4.73. The Kier molecular flexibility index (Phi) is 4.40. The van der Waals surface area contributed by atoms with Crippen molar-refractivity contribution < 1.29 is 23.6 Å². The summed E-state index contributed by atoms with van der Waals surface area (Å²) in [6, 6.07) is 2.96. The van der Waals surface area contributed by atoms with Gasteiger partial charge in [-0.2, -0.15) is 0 Å². The van der Waals surface area contributed by atoms with Crippen LogP contribution >= 0.6 is 0 Å². The zero-order chi connectivity index (χ0) is 16.3. The number of Topliss-reactive ketones (excluding diaryl/α,β-unsaturated/α-hetero) is 1. The molecule has 0 aliphatic rings. The number of nitrogens with zero attached hydrogens (tertiary/aromatic N) is 2. The normalized spacial score (nSPS) is 10.3. The molecule has 0 spiro atoms. The number of hydrogen-bond acceptors (Lipinski definition) is 6. The van der Waals surface area contributed by atoms with E-state index in [1.165, 1.54) is 29.8 Å². The van der Waals surface area contributed by atoms with E-state index in [9.17, 15) is 14.4 Å². The molecule has 0 aromatic carbocycles. The first kappa shape index (κ1) is 15.5. The summed E-state index contributed by atoms with van der Waals surface area (Å²) in [4.78, 5) is 34.8. The highest BCUT2D eigenvalue weighted by Crippen LogP contribution is 2.10. The summed E-state index contributed by atoms with van der Waals surface area (Å²) in [7, 11) is 1.61. The molecule has 2 heterocycles. The summed E-state index contributed by atoms with van der Waals surface area (Å²) in [6.45, 7) is 2.62. The number of ether oxygens (including phenoxy) is 1. The highest BCUT2D eigenvalue weighted by Gasteiger charge is 2.16. The Hall–Kier alpha value is -2.90. The number of hydrogen-bond donors (Lipinski definition) is 1. The van der Waals surface area contributed by atoms with Crippen LogP contribution in [0.5, 0.6) is 0 Å². The van der Waals surface area contributed by atoms with E-state index >= 15 is 0 Å².